The topological polar surface area (TPSA) is 24.9 Å². The zero-order valence-electron chi connectivity index (χ0n) is 13.1. The average Bonchev–Trinajstić information content (AvgIpc) is 3.27. The fourth-order valence-electron chi connectivity index (χ4n) is 2.82. The van der Waals surface area contributed by atoms with Gasteiger partial charge in [-0.2, -0.15) is 0 Å². The summed E-state index contributed by atoms with van der Waals surface area (Å²) >= 11 is 1.86. The van der Waals surface area contributed by atoms with E-state index in [1.165, 1.54) is 46.0 Å². The van der Waals surface area contributed by atoms with Crippen LogP contribution in [0, 0.1) is 6.92 Å². The van der Waals surface area contributed by atoms with E-state index < -0.39 is 0 Å². The van der Waals surface area contributed by atoms with E-state index in [-0.39, 0.29) is 0 Å². The molecule has 1 fully saturated rings. The van der Waals surface area contributed by atoms with Gasteiger partial charge in [0.05, 0.1) is 5.69 Å². The van der Waals surface area contributed by atoms with Crippen molar-refractivity contribution in [1.29, 1.82) is 0 Å². The highest BCUT2D eigenvalue weighted by Crippen LogP contribution is 2.45. The van der Waals surface area contributed by atoms with Gasteiger partial charge in [0.25, 0.3) is 0 Å². The molecular formula is C18H24N2S. The Labute approximate surface area is 131 Å². The predicted molar refractivity (Wildman–Crippen MR) is 91.0 cm³/mol. The van der Waals surface area contributed by atoms with Crippen molar-refractivity contribution in [2.24, 2.45) is 0 Å². The molecule has 1 aromatic carbocycles. The van der Waals surface area contributed by atoms with E-state index in [2.05, 4.69) is 50.4 Å². The fourth-order valence-corrected chi connectivity index (χ4v) is 3.96. The first-order valence-corrected chi connectivity index (χ1v) is 8.82. The van der Waals surface area contributed by atoms with Gasteiger partial charge in [-0.25, -0.2) is 4.98 Å². The molecule has 1 heterocycles. The standard InChI is InChI=1S/C18H24N2S/c1-4-11-19-12(2)17-13(3)20-18(21-17)16-8-6-5-7-15(16)14-9-10-14/h5-8,12,14,19H,4,9-11H2,1-3H3. The van der Waals surface area contributed by atoms with E-state index in [1.54, 1.807) is 0 Å². The van der Waals surface area contributed by atoms with Crippen molar-refractivity contribution in [2.75, 3.05) is 6.54 Å². The molecule has 0 spiro atoms. The van der Waals surface area contributed by atoms with Gasteiger partial charge in [-0.1, -0.05) is 31.2 Å². The van der Waals surface area contributed by atoms with Crippen LogP contribution in [-0.2, 0) is 0 Å². The molecule has 1 aromatic heterocycles. The molecular weight excluding hydrogens is 276 g/mol. The van der Waals surface area contributed by atoms with Gasteiger partial charge in [0.1, 0.15) is 5.01 Å². The summed E-state index contributed by atoms with van der Waals surface area (Å²) in [5.41, 5.74) is 4.02. The zero-order valence-corrected chi connectivity index (χ0v) is 14.0. The van der Waals surface area contributed by atoms with Crippen LogP contribution in [0.25, 0.3) is 10.6 Å². The summed E-state index contributed by atoms with van der Waals surface area (Å²) in [5, 5.41) is 4.76. The lowest BCUT2D eigenvalue weighted by molar-refractivity contribution is 0.575. The van der Waals surface area contributed by atoms with E-state index in [9.17, 15) is 0 Å². The minimum Gasteiger partial charge on any atom is -0.309 e. The summed E-state index contributed by atoms with van der Waals surface area (Å²) in [5.74, 6) is 0.768. The van der Waals surface area contributed by atoms with Gasteiger partial charge in [0, 0.05) is 16.5 Å². The van der Waals surface area contributed by atoms with Crippen LogP contribution < -0.4 is 5.32 Å². The van der Waals surface area contributed by atoms with E-state index in [0.29, 0.717) is 6.04 Å². The maximum absolute atomic E-state index is 4.86. The molecule has 1 unspecified atom stereocenters. The summed E-state index contributed by atoms with van der Waals surface area (Å²) in [4.78, 5) is 6.24. The average molecular weight is 300 g/mol. The number of benzene rings is 1. The summed E-state index contributed by atoms with van der Waals surface area (Å²) in [6, 6.07) is 9.20. The number of nitrogens with one attached hydrogen (secondary N) is 1. The molecule has 1 aliphatic rings. The summed E-state index contributed by atoms with van der Waals surface area (Å²) < 4.78 is 0. The molecule has 0 radical (unpaired) electrons. The molecule has 1 saturated carbocycles. The van der Waals surface area contributed by atoms with Crippen molar-refractivity contribution in [3.05, 3.63) is 40.4 Å². The van der Waals surface area contributed by atoms with Crippen molar-refractivity contribution in [3.63, 3.8) is 0 Å². The number of aromatic nitrogens is 1. The first kappa shape index (κ1) is 14.7. The molecule has 0 bridgehead atoms. The van der Waals surface area contributed by atoms with Gasteiger partial charge in [0.15, 0.2) is 0 Å². The molecule has 0 aliphatic heterocycles. The second kappa shape index (κ2) is 6.29. The minimum absolute atomic E-state index is 0.393. The molecule has 2 nitrogen and oxygen atoms in total. The number of rotatable bonds is 6. The highest BCUT2D eigenvalue weighted by Gasteiger charge is 2.27. The summed E-state index contributed by atoms with van der Waals surface area (Å²) in [6.07, 6.45) is 3.84. The number of hydrogen-bond acceptors (Lipinski definition) is 3. The smallest absolute Gasteiger partial charge is 0.124 e. The van der Waals surface area contributed by atoms with Gasteiger partial charge in [0.2, 0.25) is 0 Å². The third-order valence-electron chi connectivity index (χ3n) is 4.13. The van der Waals surface area contributed by atoms with Crippen LogP contribution >= 0.6 is 11.3 Å². The molecule has 0 amide bonds. The van der Waals surface area contributed by atoms with Crippen LogP contribution in [0.1, 0.15) is 61.2 Å². The maximum Gasteiger partial charge on any atom is 0.124 e. The minimum atomic E-state index is 0.393. The quantitative estimate of drug-likeness (QED) is 0.807. The normalized spacial score (nSPS) is 16.1. The lowest BCUT2D eigenvalue weighted by atomic mass is 10.0. The van der Waals surface area contributed by atoms with Gasteiger partial charge < -0.3 is 5.32 Å². The Balaban J connectivity index is 1.90. The van der Waals surface area contributed by atoms with Crippen LogP contribution in [0.15, 0.2) is 24.3 Å². The van der Waals surface area contributed by atoms with E-state index in [4.69, 9.17) is 4.98 Å². The van der Waals surface area contributed by atoms with Crippen molar-refractivity contribution in [1.82, 2.24) is 10.3 Å². The third kappa shape index (κ3) is 3.19. The van der Waals surface area contributed by atoms with Crippen molar-refractivity contribution < 1.29 is 0 Å². The first-order chi connectivity index (χ1) is 10.2. The Morgan fingerprint density at radius 3 is 2.81 bits per heavy atom. The lowest BCUT2D eigenvalue weighted by Crippen LogP contribution is -2.18. The molecule has 3 rings (SSSR count). The molecule has 21 heavy (non-hydrogen) atoms. The second-order valence-electron chi connectivity index (χ2n) is 6.01. The van der Waals surface area contributed by atoms with Gasteiger partial charge >= 0.3 is 0 Å². The molecule has 3 heteroatoms. The van der Waals surface area contributed by atoms with Crippen LogP contribution in [0.3, 0.4) is 0 Å². The Morgan fingerprint density at radius 1 is 1.33 bits per heavy atom. The first-order valence-electron chi connectivity index (χ1n) is 8.00. The molecule has 1 aliphatic carbocycles. The monoisotopic (exact) mass is 300 g/mol. The largest absolute Gasteiger partial charge is 0.309 e. The van der Waals surface area contributed by atoms with Crippen LogP contribution in [-0.4, -0.2) is 11.5 Å². The highest BCUT2D eigenvalue weighted by molar-refractivity contribution is 7.15. The second-order valence-corrected chi connectivity index (χ2v) is 7.04. The Kier molecular flexibility index (Phi) is 4.41. The van der Waals surface area contributed by atoms with Crippen molar-refractivity contribution >= 4 is 11.3 Å². The molecule has 112 valence electrons. The van der Waals surface area contributed by atoms with Crippen LogP contribution in [0.4, 0.5) is 0 Å². The maximum atomic E-state index is 4.86. The van der Waals surface area contributed by atoms with Gasteiger partial charge in [-0.05, 0) is 51.1 Å². The number of hydrogen-bond donors (Lipinski definition) is 1. The SMILES string of the molecule is CCCNC(C)c1sc(-c2ccccc2C2CC2)nc1C. The predicted octanol–water partition coefficient (Wildman–Crippen LogP) is 5.06. The highest BCUT2D eigenvalue weighted by atomic mass is 32.1. The third-order valence-corrected chi connectivity index (χ3v) is 5.51. The molecule has 0 saturated heterocycles. The molecule has 1 N–H and O–H groups in total. The Hall–Kier alpha value is -1.19. The van der Waals surface area contributed by atoms with Crippen LogP contribution in [0.2, 0.25) is 0 Å². The van der Waals surface area contributed by atoms with Crippen LogP contribution in [0.5, 0.6) is 0 Å². The van der Waals surface area contributed by atoms with Gasteiger partial charge in [-0.15, -0.1) is 11.3 Å². The van der Waals surface area contributed by atoms with E-state index in [0.717, 1.165) is 12.5 Å². The number of thiazole rings is 1. The molecule has 2 aromatic rings. The van der Waals surface area contributed by atoms with E-state index >= 15 is 0 Å². The summed E-state index contributed by atoms with van der Waals surface area (Å²) in [6.45, 7) is 7.65. The lowest BCUT2D eigenvalue weighted by Gasteiger charge is -2.11. The Bertz CT molecular complexity index is 613. The number of aryl methyl sites for hydroxylation is 1. The summed E-state index contributed by atoms with van der Waals surface area (Å²) in [7, 11) is 0. The van der Waals surface area contributed by atoms with Crippen molar-refractivity contribution in [2.45, 2.75) is 52.0 Å². The fraction of sp³-hybridized carbons (Fsp3) is 0.500. The van der Waals surface area contributed by atoms with E-state index in [1.807, 2.05) is 11.3 Å². The Morgan fingerprint density at radius 2 is 2.10 bits per heavy atom. The zero-order chi connectivity index (χ0) is 14.8. The van der Waals surface area contributed by atoms with Gasteiger partial charge in [-0.3, -0.25) is 0 Å². The number of nitrogens with zero attached hydrogens (tertiary/aromatic N) is 1. The molecule has 1 atom stereocenters. The van der Waals surface area contributed by atoms with Crippen molar-refractivity contribution in [3.8, 4) is 10.6 Å².